The number of rotatable bonds is 6. The fourth-order valence-electron chi connectivity index (χ4n) is 4.37. The first kappa shape index (κ1) is 24.6. The summed E-state index contributed by atoms with van der Waals surface area (Å²) in [7, 11) is 0. The lowest BCUT2D eigenvalue weighted by Gasteiger charge is -2.35. The Morgan fingerprint density at radius 2 is 1.86 bits per heavy atom. The van der Waals surface area contributed by atoms with Gasteiger partial charge < -0.3 is 9.62 Å². The highest BCUT2D eigenvalue weighted by atomic mass is 35.5. The molecule has 4 aromatic rings. The molecule has 1 aliphatic heterocycles. The number of hydrogen-bond donors (Lipinski definition) is 1. The first-order chi connectivity index (χ1) is 17.5. The fraction of sp³-hybridized carbons (Fsp3) is 0.214. The van der Waals surface area contributed by atoms with Gasteiger partial charge in [0.05, 0.1) is 15.4 Å². The van der Waals surface area contributed by atoms with E-state index in [1.807, 2.05) is 48.2 Å². The van der Waals surface area contributed by atoms with E-state index in [0.29, 0.717) is 25.2 Å². The third-order valence-corrected chi connectivity index (χ3v) is 7.55. The Bertz CT molecular complexity index is 1400. The molecule has 1 aliphatic rings. The number of halogens is 2. The van der Waals surface area contributed by atoms with Crippen molar-refractivity contribution in [2.45, 2.75) is 18.4 Å². The molecule has 0 bridgehead atoms. The van der Waals surface area contributed by atoms with Gasteiger partial charge >= 0.3 is 0 Å². The number of carbonyl (C=O) groups is 1. The molecule has 36 heavy (non-hydrogen) atoms. The average Bonchev–Trinajstić information content (AvgIpc) is 2.90. The maximum atomic E-state index is 13.4. The molecule has 0 aliphatic carbocycles. The zero-order valence-corrected chi connectivity index (χ0v) is 21.5. The van der Waals surface area contributed by atoms with Gasteiger partial charge in [-0.2, -0.15) is 0 Å². The smallest absolute Gasteiger partial charge is 0.253 e. The summed E-state index contributed by atoms with van der Waals surface area (Å²) < 4.78 is 16.8. The Morgan fingerprint density at radius 3 is 2.64 bits per heavy atom. The second-order valence-corrected chi connectivity index (χ2v) is 10.1. The van der Waals surface area contributed by atoms with Crippen LogP contribution in [0.25, 0.3) is 10.9 Å². The van der Waals surface area contributed by atoms with E-state index in [1.165, 1.54) is 18.0 Å². The maximum Gasteiger partial charge on any atom is 0.253 e. The van der Waals surface area contributed by atoms with E-state index in [2.05, 4.69) is 26.7 Å². The number of aromatic nitrogens is 1. The number of nitrogens with zero attached hydrogens (tertiary/aromatic N) is 3. The molecule has 0 radical (unpaired) electrons. The standard InChI is InChI=1S/C28H26ClFN4OS/c1-19-16-22(8-10-25(19)32-36-26-6-2-4-21-5-3-11-31-27(21)26)28(35)34-14-12-33(13-15-34)18-20-7-9-24(30)23(29)17-20/h2-11,16-17,32H,12-15,18H2,1H3. The predicted molar refractivity (Wildman–Crippen MR) is 145 cm³/mol. The molecule has 5 nitrogen and oxygen atoms in total. The summed E-state index contributed by atoms with van der Waals surface area (Å²) in [4.78, 5) is 22.9. The van der Waals surface area contributed by atoms with Crippen molar-refractivity contribution in [3.8, 4) is 0 Å². The SMILES string of the molecule is Cc1cc(C(=O)N2CCN(Cc3ccc(F)c(Cl)c3)CC2)ccc1NSc1cccc2cccnc12. The molecule has 3 aromatic carbocycles. The zero-order valence-electron chi connectivity index (χ0n) is 19.9. The normalized spacial score (nSPS) is 14.2. The Kier molecular flexibility index (Phi) is 7.41. The van der Waals surface area contributed by atoms with Crippen LogP contribution in [0.4, 0.5) is 10.1 Å². The summed E-state index contributed by atoms with van der Waals surface area (Å²) in [6, 6.07) is 20.7. The summed E-state index contributed by atoms with van der Waals surface area (Å²) in [6.07, 6.45) is 1.80. The van der Waals surface area contributed by atoms with Crippen molar-refractivity contribution in [2.75, 3.05) is 30.9 Å². The van der Waals surface area contributed by atoms with Crippen molar-refractivity contribution in [3.05, 3.63) is 100 Å². The zero-order chi connectivity index (χ0) is 25.1. The van der Waals surface area contributed by atoms with E-state index in [4.69, 9.17) is 11.6 Å². The van der Waals surface area contributed by atoms with E-state index in [9.17, 15) is 9.18 Å². The summed E-state index contributed by atoms with van der Waals surface area (Å²) >= 11 is 7.43. The number of benzene rings is 3. The number of amides is 1. The molecule has 1 fully saturated rings. The van der Waals surface area contributed by atoms with Gasteiger partial charge in [0.25, 0.3) is 5.91 Å². The van der Waals surface area contributed by atoms with Crippen LogP contribution in [-0.2, 0) is 6.54 Å². The number of hydrogen-bond acceptors (Lipinski definition) is 5. The first-order valence-corrected chi connectivity index (χ1v) is 13.0. The van der Waals surface area contributed by atoms with Crippen LogP contribution in [0.1, 0.15) is 21.5 Å². The lowest BCUT2D eigenvalue weighted by atomic mass is 10.1. The number of pyridine rings is 1. The van der Waals surface area contributed by atoms with Crippen molar-refractivity contribution < 1.29 is 9.18 Å². The number of para-hydroxylation sites is 1. The summed E-state index contributed by atoms with van der Waals surface area (Å²) in [5.74, 6) is -0.364. The number of nitrogens with one attached hydrogen (secondary N) is 1. The maximum absolute atomic E-state index is 13.4. The number of aryl methyl sites for hydroxylation is 1. The van der Waals surface area contributed by atoms with E-state index >= 15 is 0 Å². The first-order valence-electron chi connectivity index (χ1n) is 11.8. The van der Waals surface area contributed by atoms with E-state index < -0.39 is 5.82 Å². The molecule has 8 heteroatoms. The second kappa shape index (κ2) is 10.9. The predicted octanol–water partition coefficient (Wildman–Crippen LogP) is 6.41. The average molecular weight is 521 g/mol. The van der Waals surface area contributed by atoms with Gasteiger partial charge in [0.1, 0.15) is 5.82 Å². The Morgan fingerprint density at radius 1 is 1.06 bits per heavy atom. The van der Waals surface area contributed by atoms with Crippen LogP contribution in [0.2, 0.25) is 5.02 Å². The van der Waals surface area contributed by atoms with Gasteiger partial charge in [-0.15, -0.1) is 0 Å². The largest absolute Gasteiger partial charge is 0.336 e. The van der Waals surface area contributed by atoms with Gasteiger partial charge in [0.2, 0.25) is 0 Å². The van der Waals surface area contributed by atoms with Crippen LogP contribution in [0.5, 0.6) is 0 Å². The van der Waals surface area contributed by atoms with Crippen molar-refractivity contribution >= 4 is 46.0 Å². The number of carbonyl (C=O) groups excluding carboxylic acids is 1. The molecule has 5 rings (SSSR count). The fourth-order valence-corrected chi connectivity index (χ4v) is 5.43. The van der Waals surface area contributed by atoms with Crippen molar-refractivity contribution in [2.24, 2.45) is 0 Å². The molecule has 0 unspecified atom stereocenters. The highest BCUT2D eigenvalue weighted by Crippen LogP contribution is 2.29. The second-order valence-electron chi connectivity index (χ2n) is 8.88. The van der Waals surface area contributed by atoms with Gasteiger partial charge in [-0.1, -0.05) is 35.9 Å². The molecule has 1 aromatic heterocycles. The van der Waals surface area contributed by atoms with Gasteiger partial charge in [0, 0.05) is 55.6 Å². The van der Waals surface area contributed by atoms with E-state index in [1.54, 1.807) is 18.3 Å². The minimum atomic E-state index is -0.406. The Hall–Kier alpha value is -3.13. The highest BCUT2D eigenvalue weighted by Gasteiger charge is 2.23. The molecule has 184 valence electrons. The van der Waals surface area contributed by atoms with Gasteiger partial charge in [0.15, 0.2) is 0 Å². The van der Waals surface area contributed by atoms with Crippen LogP contribution < -0.4 is 4.72 Å². The highest BCUT2D eigenvalue weighted by molar-refractivity contribution is 8.00. The van der Waals surface area contributed by atoms with E-state index in [-0.39, 0.29) is 10.9 Å². The van der Waals surface area contributed by atoms with Gasteiger partial charge in [-0.25, -0.2) is 4.39 Å². The van der Waals surface area contributed by atoms with Crippen LogP contribution in [-0.4, -0.2) is 46.9 Å². The number of fused-ring (bicyclic) bond motifs is 1. The van der Waals surface area contributed by atoms with Crippen LogP contribution in [0, 0.1) is 12.7 Å². The third-order valence-electron chi connectivity index (χ3n) is 6.39. The van der Waals surface area contributed by atoms with E-state index in [0.717, 1.165) is 45.7 Å². The minimum absolute atomic E-state index is 0.0417. The molecule has 0 saturated carbocycles. The summed E-state index contributed by atoms with van der Waals surface area (Å²) in [5.41, 5.74) is 4.59. The monoisotopic (exact) mass is 520 g/mol. The summed E-state index contributed by atoms with van der Waals surface area (Å²) in [5, 5.41) is 1.24. The number of anilines is 1. The molecule has 0 spiro atoms. The van der Waals surface area contributed by atoms with Crippen LogP contribution in [0.3, 0.4) is 0 Å². The molecular weight excluding hydrogens is 495 g/mol. The molecule has 1 amide bonds. The molecule has 1 saturated heterocycles. The van der Waals surface area contributed by atoms with Crippen molar-refractivity contribution in [1.29, 1.82) is 0 Å². The van der Waals surface area contributed by atoms with Crippen molar-refractivity contribution in [3.63, 3.8) is 0 Å². The van der Waals surface area contributed by atoms with Gasteiger partial charge in [-0.3, -0.25) is 14.7 Å². The third kappa shape index (κ3) is 5.48. The Balaban J connectivity index is 1.18. The van der Waals surface area contributed by atoms with Crippen LogP contribution >= 0.6 is 23.5 Å². The van der Waals surface area contributed by atoms with Gasteiger partial charge in [-0.05, 0) is 72.5 Å². The Labute approximate surface area is 219 Å². The quantitative estimate of drug-likeness (QED) is 0.297. The lowest BCUT2D eigenvalue weighted by molar-refractivity contribution is 0.0628. The van der Waals surface area contributed by atoms with Crippen LogP contribution in [0.15, 0.2) is 77.8 Å². The molecule has 1 N–H and O–H groups in total. The lowest BCUT2D eigenvalue weighted by Crippen LogP contribution is -2.48. The topological polar surface area (TPSA) is 48.5 Å². The molecule has 0 atom stereocenters. The number of piperazine rings is 1. The molecule has 2 heterocycles. The van der Waals surface area contributed by atoms with Crippen molar-refractivity contribution in [1.82, 2.24) is 14.8 Å². The summed E-state index contributed by atoms with van der Waals surface area (Å²) in [6.45, 7) is 5.51. The molecular formula is C28H26ClFN4OS. The minimum Gasteiger partial charge on any atom is -0.336 e.